The molecular weight excluding hydrogens is 447 g/mol. The summed E-state index contributed by atoms with van der Waals surface area (Å²) < 4.78 is 5.06. The van der Waals surface area contributed by atoms with E-state index in [9.17, 15) is 14.4 Å². The minimum Gasteiger partial charge on any atom is -0.481 e. The number of amides is 2. The fourth-order valence-electron chi connectivity index (χ4n) is 2.77. The van der Waals surface area contributed by atoms with Crippen LogP contribution in [0.2, 0.25) is 10.0 Å². The zero-order valence-electron chi connectivity index (χ0n) is 17.2. The minimum absolute atomic E-state index is 0.0410. The molecular formula is C20H26Cl2N4O5. The Morgan fingerprint density at radius 1 is 1.16 bits per heavy atom. The van der Waals surface area contributed by atoms with E-state index in [1.165, 1.54) is 0 Å². The van der Waals surface area contributed by atoms with E-state index >= 15 is 0 Å². The van der Waals surface area contributed by atoms with Crippen LogP contribution < -0.4 is 15.6 Å². The molecule has 1 aromatic rings. The molecule has 170 valence electrons. The zero-order chi connectivity index (χ0) is 22.8. The lowest BCUT2D eigenvalue weighted by Crippen LogP contribution is -2.34. The van der Waals surface area contributed by atoms with Crippen LogP contribution >= 0.6 is 23.2 Å². The molecule has 0 fully saturated rings. The van der Waals surface area contributed by atoms with E-state index in [1.807, 2.05) is 13.0 Å². The number of aliphatic carboxylic acids is 1. The first kappa shape index (κ1) is 24.9. The number of carbonyl (C=O) groups is 3. The molecule has 1 unspecified atom stereocenters. The van der Waals surface area contributed by atoms with Crippen LogP contribution in [0.25, 0.3) is 0 Å². The van der Waals surface area contributed by atoms with Crippen molar-refractivity contribution in [1.29, 1.82) is 0 Å². The van der Waals surface area contributed by atoms with Crippen molar-refractivity contribution in [3.8, 4) is 0 Å². The van der Waals surface area contributed by atoms with Gasteiger partial charge in [0.05, 0.1) is 41.9 Å². The van der Waals surface area contributed by atoms with E-state index in [4.69, 9.17) is 33.0 Å². The monoisotopic (exact) mass is 472 g/mol. The van der Waals surface area contributed by atoms with E-state index in [0.717, 1.165) is 5.69 Å². The first-order chi connectivity index (χ1) is 14.8. The molecule has 0 aromatic heterocycles. The van der Waals surface area contributed by atoms with Gasteiger partial charge in [-0.2, -0.15) is 5.10 Å². The van der Waals surface area contributed by atoms with E-state index in [0.29, 0.717) is 35.4 Å². The van der Waals surface area contributed by atoms with E-state index in [2.05, 4.69) is 15.7 Å². The van der Waals surface area contributed by atoms with Crippen molar-refractivity contribution in [2.45, 2.75) is 32.6 Å². The Bertz CT molecular complexity index is 834. The Morgan fingerprint density at radius 3 is 2.61 bits per heavy atom. The first-order valence-corrected chi connectivity index (χ1v) is 10.7. The van der Waals surface area contributed by atoms with Gasteiger partial charge >= 0.3 is 5.97 Å². The maximum absolute atomic E-state index is 12.2. The van der Waals surface area contributed by atoms with Gasteiger partial charge in [0.25, 0.3) is 0 Å². The second-order valence-electron chi connectivity index (χ2n) is 7.07. The lowest BCUT2D eigenvalue weighted by molar-refractivity contribution is -0.138. The van der Waals surface area contributed by atoms with Gasteiger partial charge < -0.3 is 20.5 Å². The number of hydrogen-bond donors (Lipinski definition) is 3. The summed E-state index contributed by atoms with van der Waals surface area (Å²) in [6.45, 7) is 3.17. The predicted octanol–water partition coefficient (Wildman–Crippen LogP) is 2.66. The van der Waals surface area contributed by atoms with Crippen LogP contribution in [0, 0.1) is 5.92 Å². The number of nitrogens with zero attached hydrogens (tertiary/aromatic N) is 2. The number of carbonyl (C=O) groups excluding carboxylic acids is 2. The van der Waals surface area contributed by atoms with Gasteiger partial charge in [-0.05, 0) is 24.6 Å². The minimum atomic E-state index is -0.942. The lowest BCUT2D eigenvalue weighted by atomic mass is 10.1. The molecule has 1 aromatic carbocycles. The largest absolute Gasteiger partial charge is 0.481 e. The van der Waals surface area contributed by atoms with Crippen molar-refractivity contribution < 1.29 is 24.2 Å². The fraction of sp³-hybridized carbons (Fsp3) is 0.500. The summed E-state index contributed by atoms with van der Waals surface area (Å²) >= 11 is 12.0. The number of benzene rings is 1. The second-order valence-corrected chi connectivity index (χ2v) is 7.89. The average molecular weight is 473 g/mol. The summed E-state index contributed by atoms with van der Waals surface area (Å²) in [4.78, 5) is 34.2. The molecule has 0 bridgehead atoms. The van der Waals surface area contributed by atoms with Gasteiger partial charge in [0.2, 0.25) is 11.8 Å². The molecule has 2 rings (SSSR count). The number of anilines is 1. The van der Waals surface area contributed by atoms with E-state index in [1.54, 1.807) is 17.1 Å². The first-order valence-electron chi connectivity index (χ1n) is 9.93. The van der Waals surface area contributed by atoms with E-state index in [-0.39, 0.29) is 50.2 Å². The van der Waals surface area contributed by atoms with Crippen molar-refractivity contribution in [1.82, 2.24) is 10.6 Å². The topological polar surface area (TPSA) is 120 Å². The highest BCUT2D eigenvalue weighted by atomic mass is 35.5. The van der Waals surface area contributed by atoms with Crippen molar-refractivity contribution in [2.24, 2.45) is 11.0 Å². The Morgan fingerprint density at radius 2 is 1.90 bits per heavy atom. The molecule has 11 heteroatoms. The number of hydrazone groups is 1. The Balaban J connectivity index is 1.66. The molecule has 31 heavy (non-hydrogen) atoms. The van der Waals surface area contributed by atoms with Gasteiger partial charge in [-0.15, -0.1) is 0 Å². The quantitative estimate of drug-likeness (QED) is 0.425. The molecule has 0 radical (unpaired) electrons. The standard InChI is InChI=1S/C20H26Cl2N4O5/c1-13-12-26(14-4-5-15(21)16(22)11-14)25-20(13)24-18(28)3-2-8-23-17(27)6-9-31-10-7-19(29)30/h4-5,11,13H,2-3,6-10,12H2,1H3,(H,23,27)(H,29,30)(H,24,25,28). The second kappa shape index (κ2) is 12.5. The molecule has 0 saturated heterocycles. The third-order valence-electron chi connectivity index (χ3n) is 4.45. The molecule has 0 saturated carbocycles. The number of amidine groups is 1. The van der Waals surface area contributed by atoms with Gasteiger partial charge in [0, 0.05) is 25.3 Å². The average Bonchev–Trinajstić information content (AvgIpc) is 3.07. The zero-order valence-corrected chi connectivity index (χ0v) is 18.7. The summed E-state index contributed by atoms with van der Waals surface area (Å²) in [5.74, 6) is -0.699. The van der Waals surface area contributed by atoms with Crippen LogP contribution in [-0.4, -0.2) is 55.0 Å². The highest BCUT2D eigenvalue weighted by Crippen LogP contribution is 2.29. The fourth-order valence-corrected chi connectivity index (χ4v) is 3.06. The van der Waals surface area contributed by atoms with Crippen LogP contribution in [0.1, 0.15) is 32.6 Å². The lowest BCUT2D eigenvalue weighted by Gasteiger charge is -2.14. The highest BCUT2D eigenvalue weighted by Gasteiger charge is 2.25. The Labute approximate surface area is 190 Å². The summed E-state index contributed by atoms with van der Waals surface area (Å²) in [5, 5.41) is 21.1. The molecule has 1 atom stereocenters. The van der Waals surface area contributed by atoms with Crippen molar-refractivity contribution in [3.05, 3.63) is 28.2 Å². The van der Waals surface area contributed by atoms with E-state index < -0.39 is 5.97 Å². The van der Waals surface area contributed by atoms with Crippen LogP contribution in [-0.2, 0) is 19.1 Å². The van der Waals surface area contributed by atoms with Gasteiger partial charge in [0.15, 0.2) is 0 Å². The number of rotatable bonds is 11. The molecule has 1 aliphatic heterocycles. The Kier molecular flexibility index (Phi) is 10.0. The van der Waals surface area contributed by atoms with Crippen LogP contribution in [0.5, 0.6) is 0 Å². The van der Waals surface area contributed by atoms with Gasteiger partial charge in [0.1, 0.15) is 5.84 Å². The SMILES string of the molecule is CC1CN(c2ccc(Cl)c(Cl)c2)N=C1NC(=O)CCCNC(=O)CCOCCC(=O)O. The molecule has 9 nitrogen and oxygen atoms in total. The summed E-state index contributed by atoms with van der Waals surface area (Å²) in [7, 11) is 0. The van der Waals surface area contributed by atoms with Crippen molar-refractivity contribution in [3.63, 3.8) is 0 Å². The number of nitrogens with one attached hydrogen (secondary N) is 2. The number of carboxylic acid groups (broad SMARTS) is 1. The number of hydrogen-bond acceptors (Lipinski definition) is 6. The molecule has 2 amide bonds. The summed E-state index contributed by atoms with van der Waals surface area (Å²) in [5.41, 5.74) is 0.792. The van der Waals surface area contributed by atoms with Gasteiger partial charge in [-0.1, -0.05) is 30.1 Å². The molecule has 1 aliphatic rings. The number of ether oxygens (including phenoxy) is 1. The van der Waals surface area contributed by atoms with Crippen molar-refractivity contribution >= 4 is 52.5 Å². The van der Waals surface area contributed by atoms with Gasteiger partial charge in [-0.25, -0.2) is 0 Å². The summed E-state index contributed by atoms with van der Waals surface area (Å²) in [6, 6.07) is 5.24. The van der Waals surface area contributed by atoms with Gasteiger partial charge in [-0.3, -0.25) is 19.4 Å². The molecule has 0 aliphatic carbocycles. The number of halogens is 2. The maximum atomic E-state index is 12.2. The number of carboxylic acids is 1. The van der Waals surface area contributed by atoms with Crippen molar-refractivity contribution in [2.75, 3.05) is 31.3 Å². The predicted molar refractivity (Wildman–Crippen MR) is 118 cm³/mol. The van der Waals surface area contributed by atoms with Crippen LogP contribution in [0.15, 0.2) is 23.3 Å². The molecule has 1 heterocycles. The Hall–Kier alpha value is -2.36. The van der Waals surface area contributed by atoms with Crippen LogP contribution in [0.3, 0.4) is 0 Å². The molecule has 3 N–H and O–H groups in total. The normalized spacial score (nSPS) is 15.5. The third kappa shape index (κ3) is 8.72. The highest BCUT2D eigenvalue weighted by molar-refractivity contribution is 6.42. The van der Waals surface area contributed by atoms with Crippen LogP contribution in [0.4, 0.5) is 5.69 Å². The summed E-state index contributed by atoms with van der Waals surface area (Å²) in [6.07, 6.45) is 0.778. The third-order valence-corrected chi connectivity index (χ3v) is 5.19. The maximum Gasteiger partial charge on any atom is 0.305 e. The smallest absolute Gasteiger partial charge is 0.305 e. The molecule has 0 spiro atoms.